The summed E-state index contributed by atoms with van der Waals surface area (Å²) < 4.78 is 14.1. The number of carbonyl (C=O) groups is 1. The number of nitrogens with zero attached hydrogens (tertiary/aromatic N) is 2. The number of benzene rings is 1. The number of hydrogen-bond donors (Lipinski definition) is 1. The maximum absolute atomic E-state index is 14.1. The fourth-order valence-corrected chi connectivity index (χ4v) is 2.85. The van der Waals surface area contributed by atoms with Crippen molar-refractivity contribution in [1.29, 1.82) is 0 Å². The minimum atomic E-state index is -0.320. The minimum Gasteiger partial charge on any atom is -0.369 e. The summed E-state index contributed by atoms with van der Waals surface area (Å²) in [5.74, 6) is -0.623. The lowest BCUT2D eigenvalue weighted by atomic mass is 10.2. The van der Waals surface area contributed by atoms with E-state index in [1.165, 1.54) is 17.4 Å². The zero-order chi connectivity index (χ0) is 13.9. The van der Waals surface area contributed by atoms with Crippen LogP contribution in [0.15, 0.2) is 29.1 Å². The van der Waals surface area contributed by atoms with Gasteiger partial charge in [-0.05, 0) is 31.0 Å². The van der Waals surface area contributed by atoms with E-state index >= 15 is 0 Å². The molecule has 1 saturated heterocycles. The lowest BCUT2D eigenvalue weighted by molar-refractivity contribution is 0.102. The number of rotatable bonds is 3. The molecule has 1 aliphatic heterocycles. The lowest BCUT2D eigenvalue weighted by Gasteiger charge is -2.18. The Balaban J connectivity index is 1.75. The van der Waals surface area contributed by atoms with Crippen LogP contribution < -0.4 is 10.2 Å². The Labute approximate surface area is 120 Å². The van der Waals surface area contributed by atoms with E-state index in [0.717, 1.165) is 25.9 Å². The van der Waals surface area contributed by atoms with Crippen molar-refractivity contribution < 1.29 is 9.18 Å². The molecule has 4 nitrogen and oxygen atoms in total. The van der Waals surface area contributed by atoms with Crippen molar-refractivity contribution in [2.24, 2.45) is 0 Å². The molecule has 0 aliphatic carbocycles. The second-order valence-corrected chi connectivity index (χ2v) is 5.41. The first-order valence-electron chi connectivity index (χ1n) is 6.48. The molecule has 1 aromatic heterocycles. The average molecular weight is 291 g/mol. The molecule has 2 aromatic rings. The number of nitrogens with one attached hydrogen (secondary N) is 1. The van der Waals surface area contributed by atoms with Gasteiger partial charge in [-0.15, -0.1) is 11.3 Å². The summed E-state index contributed by atoms with van der Waals surface area (Å²) in [5.41, 5.74) is 2.99. The van der Waals surface area contributed by atoms with E-state index in [2.05, 4.69) is 10.3 Å². The smallest absolute Gasteiger partial charge is 0.275 e. The van der Waals surface area contributed by atoms with Crippen LogP contribution in [-0.2, 0) is 0 Å². The maximum Gasteiger partial charge on any atom is 0.275 e. The highest BCUT2D eigenvalue weighted by molar-refractivity contribution is 7.07. The second-order valence-electron chi connectivity index (χ2n) is 4.69. The minimum absolute atomic E-state index is 0.303. The Hall–Kier alpha value is -1.95. The van der Waals surface area contributed by atoms with Gasteiger partial charge in [-0.3, -0.25) is 4.79 Å². The highest BCUT2D eigenvalue weighted by atomic mass is 32.1. The van der Waals surface area contributed by atoms with Crippen LogP contribution >= 0.6 is 11.3 Å². The number of carbonyl (C=O) groups excluding carboxylic acids is 1. The van der Waals surface area contributed by atoms with Crippen molar-refractivity contribution in [3.8, 4) is 0 Å². The third-order valence-corrected chi connectivity index (χ3v) is 3.90. The predicted octanol–water partition coefficient (Wildman–Crippen LogP) is 3.13. The second kappa shape index (κ2) is 5.58. The molecule has 104 valence electrons. The highest BCUT2D eigenvalue weighted by Gasteiger charge is 2.17. The number of amides is 1. The largest absolute Gasteiger partial charge is 0.369 e. The number of halogens is 1. The standard InChI is InChI=1S/C14H14FN3OS/c15-11-7-10(17-14(19)12-8-20-9-16-12)3-4-13(11)18-5-1-2-6-18/h3-4,7-9H,1-2,5-6H2,(H,17,19). The van der Waals surface area contributed by atoms with Crippen LogP contribution in [0.25, 0.3) is 0 Å². The first-order chi connectivity index (χ1) is 9.74. The van der Waals surface area contributed by atoms with Gasteiger partial charge in [0.05, 0.1) is 11.2 Å². The van der Waals surface area contributed by atoms with Gasteiger partial charge < -0.3 is 10.2 Å². The number of hydrogen-bond acceptors (Lipinski definition) is 4. The molecule has 1 aromatic carbocycles. The Kier molecular flexibility index (Phi) is 3.64. The van der Waals surface area contributed by atoms with Crippen molar-refractivity contribution in [3.63, 3.8) is 0 Å². The van der Waals surface area contributed by atoms with Gasteiger partial charge in [0.1, 0.15) is 11.5 Å². The van der Waals surface area contributed by atoms with E-state index in [1.807, 2.05) is 4.90 Å². The van der Waals surface area contributed by atoms with Crippen LogP contribution in [0.2, 0.25) is 0 Å². The fraction of sp³-hybridized carbons (Fsp3) is 0.286. The van der Waals surface area contributed by atoms with E-state index in [4.69, 9.17) is 0 Å². The molecule has 1 amide bonds. The molecule has 6 heteroatoms. The molecule has 0 bridgehead atoms. The van der Waals surface area contributed by atoms with Gasteiger partial charge in [0.2, 0.25) is 0 Å². The molecule has 20 heavy (non-hydrogen) atoms. The Morgan fingerprint density at radius 2 is 2.15 bits per heavy atom. The summed E-state index contributed by atoms with van der Waals surface area (Å²) in [6, 6.07) is 4.80. The molecule has 0 radical (unpaired) electrons. The fourth-order valence-electron chi connectivity index (χ4n) is 2.32. The van der Waals surface area contributed by atoms with E-state index < -0.39 is 0 Å². The Morgan fingerprint density at radius 3 is 2.80 bits per heavy atom. The normalized spacial score (nSPS) is 14.6. The molecule has 1 fully saturated rings. The Morgan fingerprint density at radius 1 is 1.35 bits per heavy atom. The number of anilines is 2. The summed E-state index contributed by atoms with van der Waals surface area (Å²) in [7, 11) is 0. The topological polar surface area (TPSA) is 45.2 Å². The average Bonchev–Trinajstić information content (AvgIpc) is 3.12. The maximum atomic E-state index is 14.1. The van der Waals surface area contributed by atoms with E-state index in [1.54, 1.807) is 23.0 Å². The molecule has 2 heterocycles. The monoisotopic (exact) mass is 291 g/mol. The molecule has 1 N–H and O–H groups in total. The van der Waals surface area contributed by atoms with Gasteiger partial charge in [-0.25, -0.2) is 9.37 Å². The predicted molar refractivity (Wildman–Crippen MR) is 77.9 cm³/mol. The summed E-state index contributed by atoms with van der Waals surface area (Å²) in [6.07, 6.45) is 2.20. The summed E-state index contributed by atoms with van der Waals surface area (Å²) in [6.45, 7) is 1.78. The van der Waals surface area contributed by atoms with Crippen molar-refractivity contribution >= 4 is 28.6 Å². The van der Waals surface area contributed by atoms with Gasteiger partial charge in [0.25, 0.3) is 5.91 Å². The number of aromatic nitrogens is 1. The summed E-state index contributed by atoms with van der Waals surface area (Å²) >= 11 is 1.35. The molecule has 0 unspecified atom stereocenters. The summed E-state index contributed by atoms with van der Waals surface area (Å²) in [5, 5.41) is 4.31. The van der Waals surface area contributed by atoms with E-state index in [0.29, 0.717) is 17.1 Å². The number of thiazole rings is 1. The zero-order valence-corrected chi connectivity index (χ0v) is 11.6. The molecular formula is C14H14FN3OS. The van der Waals surface area contributed by atoms with Gasteiger partial charge in [-0.2, -0.15) is 0 Å². The molecular weight excluding hydrogens is 277 g/mol. The van der Waals surface area contributed by atoms with Crippen molar-refractivity contribution in [3.05, 3.63) is 40.6 Å². The molecule has 0 spiro atoms. The summed E-state index contributed by atoms with van der Waals surface area (Å²) in [4.78, 5) is 17.8. The SMILES string of the molecule is O=C(Nc1ccc(N2CCCC2)c(F)c1)c1cscn1. The van der Waals surface area contributed by atoms with Gasteiger partial charge in [0, 0.05) is 24.2 Å². The highest BCUT2D eigenvalue weighted by Crippen LogP contribution is 2.26. The van der Waals surface area contributed by atoms with Gasteiger partial charge in [0.15, 0.2) is 0 Å². The lowest BCUT2D eigenvalue weighted by Crippen LogP contribution is -2.19. The van der Waals surface area contributed by atoms with Gasteiger partial charge >= 0.3 is 0 Å². The van der Waals surface area contributed by atoms with Crippen LogP contribution in [0.5, 0.6) is 0 Å². The first-order valence-corrected chi connectivity index (χ1v) is 7.42. The van der Waals surface area contributed by atoms with Crippen molar-refractivity contribution in [1.82, 2.24) is 4.98 Å². The van der Waals surface area contributed by atoms with Crippen LogP contribution in [0.1, 0.15) is 23.3 Å². The zero-order valence-electron chi connectivity index (χ0n) is 10.8. The van der Waals surface area contributed by atoms with Gasteiger partial charge in [-0.1, -0.05) is 0 Å². The van der Waals surface area contributed by atoms with Crippen LogP contribution in [0, 0.1) is 5.82 Å². The quantitative estimate of drug-likeness (QED) is 0.945. The molecule has 0 saturated carbocycles. The van der Waals surface area contributed by atoms with Crippen LogP contribution in [0.4, 0.5) is 15.8 Å². The first kappa shape index (κ1) is 13.1. The molecule has 3 rings (SSSR count). The van der Waals surface area contributed by atoms with E-state index in [-0.39, 0.29) is 11.7 Å². The Bertz CT molecular complexity index is 609. The molecule has 1 aliphatic rings. The van der Waals surface area contributed by atoms with E-state index in [9.17, 15) is 9.18 Å². The van der Waals surface area contributed by atoms with Crippen LogP contribution in [-0.4, -0.2) is 24.0 Å². The molecule has 0 atom stereocenters. The van der Waals surface area contributed by atoms with Crippen LogP contribution in [0.3, 0.4) is 0 Å². The third kappa shape index (κ3) is 2.65. The third-order valence-electron chi connectivity index (χ3n) is 3.32. The van der Waals surface area contributed by atoms with Crippen molar-refractivity contribution in [2.45, 2.75) is 12.8 Å². The van der Waals surface area contributed by atoms with Crippen molar-refractivity contribution in [2.75, 3.05) is 23.3 Å².